The first-order valence-electron chi connectivity index (χ1n) is 12.0. The van der Waals surface area contributed by atoms with Crippen LogP contribution in [0.1, 0.15) is 31.0 Å². The monoisotopic (exact) mass is 527 g/mol. The number of fused-ring (bicyclic) bond motifs is 1. The van der Waals surface area contributed by atoms with Gasteiger partial charge in [-0.2, -0.15) is 19.3 Å². The normalized spacial score (nSPS) is 18.1. The van der Waals surface area contributed by atoms with Crippen LogP contribution in [0.3, 0.4) is 0 Å². The molecule has 4 aromatic rings. The summed E-state index contributed by atoms with van der Waals surface area (Å²) < 4.78 is 43.3. The van der Waals surface area contributed by atoms with E-state index in [1.165, 1.54) is 27.4 Å². The quantitative estimate of drug-likeness (QED) is 0.410. The van der Waals surface area contributed by atoms with Crippen LogP contribution < -0.4 is 0 Å². The van der Waals surface area contributed by atoms with Crippen molar-refractivity contribution in [3.63, 3.8) is 0 Å². The molecule has 1 atom stereocenters. The molecule has 3 heterocycles. The van der Waals surface area contributed by atoms with Crippen LogP contribution in [-0.4, -0.2) is 79.3 Å². The molecule has 0 amide bonds. The Morgan fingerprint density at radius 3 is 2.49 bits per heavy atom. The van der Waals surface area contributed by atoms with Gasteiger partial charge in [0.2, 0.25) is 5.03 Å². The summed E-state index contributed by atoms with van der Waals surface area (Å²) in [5.41, 5.74) is 2.55. The van der Waals surface area contributed by atoms with E-state index in [4.69, 9.17) is 0 Å². The Balaban J connectivity index is 1.54. The first kappa shape index (κ1) is 25.5. The van der Waals surface area contributed by atoms with E-state index in [-0.39, 0.29) is 30.0 Å². The molecule has 0 unspecified atom stereocenters. The van der Waals surface area contributed by atoms with E-state index in [1.807, 2.05) is 19.1 Å². The number of halogens is 1. The number of rotatable bonds is 6. The van der Waals surface area contributed by atoms with E-state index < -0.39 is 15.6 Å². The van der Waals surface area contributed by atoms with Gasteiger partial charge in [-0.1, -0.05) is 0 Å². The molecule has 5 rings (SSSR count). The van der Waals surface area contributed by atoms with Gasteiger partial charge >= 0.3 is 0 Å². The number of benzene rings is 2. The maximum Gasteiger partial charge on any atom is 0.264 e. The number of sulfonamides is 1. The Hall–Kier alpha value is -3.19. The van der Waals surface area contributed by atoms with Crippen molar-refractivity contribution in [3.8, 4) is 5.69 Å². The molecule has 2 aromatic heterocycles. The smallest absolute Gasteiger partial charge is 0.264 e. The second kappa shape index (κ2) is 9.28. The first-order valence-corrected chi connectivity index (χ1v) is 13.4. The third-order valence-corrected chi connectivity index (χ3v) is 8.34. The van der Waals surface area contributed by atoms with Crippen molar-refractivity contribution < 1.29 is 17.9 Å². The number of nitrogens with zero attached hydrogens (tertiary/aromatic N) is 7. The Bertz CT molecular complexity index is 1540. The lowest BCUT2D eigenvalue weighted by Gasteiger charge is -2.43. The SMILES string of the molecule is Cc1cc2c(cnn2-c2ccc(F)cc2)cc1[C@@H]1CN(S(=O)(=O)c2cnn(C)n2)CCN1CC(C)(C)O. The van der Waals surface area contributed by atoms with Crippen LogP contribution in [0.2, 0.25) is 0 Å². The zero-order valence-electron chi connectivity index (χ0n) is 21.2. The van der Waals surface area contributed by atoms with Gasteiger partial charge in [0, 0.05) is 44.7 Å². The van der Waals surface area contributed by atoms with E-state index in [1.54, 1.807) is 43.9 Å². The van der Waals surface area contributed by atoms with Crippen molar-refractivity contribution in [2.45, 2.75) is 37.4 Å². The molecule has 1 saturated heterocycles. The summed E-state index contributed by atoms with van der Waals surface area (Å²) in [6.07, 6.45) is 3.01. The minimum absolute atomic E-state index is 0.0857. The predicted octanol–water partition coefficient (Wildman–Crippen LogP) is 2.42. The fourth-order valence-corrected chi connectivity index (χ4v) is 6.24. The molecule has 1 aliphatic heterocycles. The van der Waals surface area contributed by atoms with Gasteiger partial charge in [0.1, 0.15) is 5.82 Å². The summed E-state index contributed by atoms with van der Waals surface area (Å²) in [4.78, 5) is 3.35. The highest BCUT2D eigenvalue weighted by atomic mass is 32.2. The molecule has 37 heavy (non-hydrogen) atoms. The number of piperazine rings is 1. The lowest BCUT2D eigenvalue weighted by molar-refractivity contribution is 0.00337. The lowest BCUT2D eigenvalue weighted by atomic mass is 9.95. The van der Waals surface area contributed by atoms with Gasteiger partial charge in [0.05, 0.1) is 29.2 Å². The van der Waals surface area contributed by atoms with Gasteiger partial charge in [-0.15, -0.1) is 5.10 Å². The molecule has 2 aromatic carbocycles. The second-order valence-electron chi connectivity index (χ2n) is 10.1. The molecule has 1 fully saturated rings. The molecule has 196 valence electrons. The van der Waals surface area contributed by atoms with Crippen LogP contribution in [0, 0.1) is 12.7 Å². The van der Waals surface area contributed by atoms with E-state index >= 15 is 0 Å². The van der Waals surface area contributed by atoms with Gasteiger partial charge in [-0.3, -0.25) is 4.90 Å². The van der Waals surface area contributed by atoms with E-state index in [0.717, 1.165) is 27.7 Å². The molecule has 0 saturated carbocycles. The molecule has 0 spiro atoms. The number of hydrogen-bond donors (Lipinski definition) is 1. The van der Waals surface area contributed by atoms with Gasteiger partial charge < -0.3 is 5.11 Å². The summed E-state index contributed by atoms with van der Waals surface area (Å²) in [6.45, 7) is 6.77. The molecule has 1 N–H and O–H groups in total. The van der Waals surface area contributed by atoms with Crippen molar-refractivity contribution in [2.24, 2.45) is 7.05 Å². The van der Waals surface area contributed by atoms with Crippen LogP contribution in [0.15, 0.2) is 53.8 Å². The maximum atomic E-state index is 13.4. The topological polar surface area (TPSA) is 109 Å². The van der Waals surface area contributed by atoms with Gasteiger partial charge in [0.25, 0.3) is 10.0 Å². The molecular weight excluding hydrogens is 497 g/mol. The highest BCUT2D eigenvalue weighted by Crippen LogP contribution is 2.34. The fraction of sp³-hybridized carbons (Fsp3) is 0.400. The Morgan fingerprint density at radius 1 is 1.11 bits per heavy atom. The standard InChI is InChI=1S/C25H30FN7O3S/c1-17-11-22-18(13-28-33(22)20-7-5-19(26)6-8-20)12-21(17)23-15-32(10-9-31(23)16-25(2,3)34)37(35,36)24-14-27-30(4)29-24/h5-8,11-14,23,34H,9-10,15-16H2,1-4H3/t23-/m0/s1. The van der Waals surface area contributed by atoms with Crippen molar-refractivity contribution >= 4 is 20.9 Å². The van der Waals surface area contributed by atoms with Crippen molar-refractivity contribution in [3.05, 3.63) is 65.7 Å². The maximum absolute atomic E-state index is 13.4. The van der Waals surface area contributed by atoms with Crippen LogP contribution in [-0.2, 0) is 17.1 Å². The van der Waals surface area contributed by atoms with E-state index in [0.29, 0.717) is 13.1 Å². The average Bonchev–Trinajstić information content (AvgIpc) is 3.45. The van der Waals surface area contributed by atoms with Crippen molar-refractivity contribution in [2.75, 3.05) is 26.2 Å². The summed E-state index contributed by atoms with van der Waals surface area (Å²) >= 11 is 0. The lowest BCUT2D eigenvalue weighted by Crippen LogP contribution is -2.53. The third-order valence-electron chi connectivity index (χ3n) is 6.61. The summed E-state index contributed by atoms with van der Waals surface area (Å²) in [6, 6.07) is 9.88. The highest BCUT2D eigenvalue weighted by molar-refractivity contribution is 7.89. The highest BCUT2D eigenvalue weighted by Gasteiger charge is 2.38. The zero-order valence-corrected chi connectivity index (χ0v) is 22.0. The zero-order chi connectivity index (χ0) is 26.5. The largest absolute Gasteiger partial charge is 0.389 e. The average molecular weight is 528 g/mol. The molecule has 0 bridgehead atoms. The van der Waals surface area contributed by atoms with Crippen molar-refractivity contribution in [1.29, 1.82) is 0 Å². The first-order chi connectivity index (χ1) is 17.4. The second-order valence-corrected chi connectivity index (χ2v) is 12.0. The van der Waals surface area contributed by atoms with E-state index in [9.17, 15) is 17.9 Å². The molecular formula is C25H30FN7O3S. The van der Waals surface area contributed by atoms with Gasteiger partial charge in [-0.25, -0.2) is 17.5 Å². The Labute approximate surface area is 215 Å². The molecule has 0 aliphatic carbocycles. The minimum atomic E-state index is -3.84. The van der Waals surface area contributed by atoms with Crippen LogP contribution in [0.5, 0.6) is 0 Å². The fourth-order valence-electron chi connectivity index (χ4n) is 4.92. The number of β-amino-alcohol motifs (C(OH)–C–C–N with tert-alkyl or cyclic N) is 1. The van der Waals surface area contributed by atoms with Crippen LogP contribution >= 0.6 is 0 Å². The molecule has 0 radical (unpaired) electrons. The van der Waals surface area contributed by atoms with Gasteiger partial charge in [-0.05, 0) is 68.3 Å². The minimum Gasteiger partial charge on any atom is -0.389 e. The number of aryl methyl sites for hydroxylation is 2. The third kappa shape index (κ3) is 5.01. The summed E-state index contributed by atoms with van der Waals surface area (Å²) in [5.74, 6) is -0.316. The molecule has 10 nitrogen and oxygen atoms in total. The Kier molecular flexibility index (Phi) is 6.39. The summed E-state index contributed by atoms with van der Waals surface area (Å²) in [7, 11) is -2.26. The van der Waals surface area contributed by atoms with Crippen LogP contribution in [0.25, 0.3) is 16.6 Å². The number of aliphatic hydroxyl groups is 1. The molecule has 1 aliphatic rings. The number of aromatic nitrogens is 5. The Morgan fingerprint density at radius 2 is 1.84 bits per heavy atom. The van der Waals surface area contributed by atoms with Crippen molar-refractivity contribution in [1.82, 2.24) is 34.0 Å². The predicted molar refractivity (Wildman–Crippen MR) is 136 cm³/mol. The van der Waals surface area contributed by atoms with E-state index in [2.05, 4.69) is 20.2 Å². The van der Waals surface area contributed by atoms with Crippen LogP contribution in [0.4, 0.5) is 4.39 Å². The van der Waals surface area contributed by atoms with Gasteiger partial charge in [0.15, 0.2) is 0 Å². The number of hydrogen-bond acceptors (Lipinski definition) is 7. The molecule has 12 heteroatoms. The summed E-state index contributed by atoms with van der Waals surface area (Å²) in [5, 5.41) is 23.8.